The van der Waals surface area contributed by atoms with Gasteiger partial charge in [0.15, 0.2) is 0 Å². The van der Waals surface area contributed by atoms with Crippen molar-refractivity contribution >= 4 is 5.84 Å². The third-order valence-corrected chi connectivity index (χ3v) is 2.67. The number of halogens is 1. The predicted molar refractivity (Wildman–Crippen MR) is 59.8 cm³/mol. The Balaban J connectivity index is 2.02. The van der Waals surface area contributed by atoms with Crippen LogP contribution in [-0.4, -0.2) is 12.4 Å². The first-order valence-corrected chi connectivity index (χ1v) is 5.37. The Morgan fingerprint density at radius 3 is 2.88 bits per heavy atom. The topological polar surface area (TPSA) is 59.1 Å². The smallest absolute Gasteiger partial charge is 0.123 e. The summed E-state index contributed by atoms with van der Waals surface area (Å²) in [6.07, 6.45) is 2.48. The second-order valence-corrected chi connectivity index (χ2v) is 4.17. The second-order valence-electron chi connectivity index (χ2n) is 4.17. The molecule has 1 fully saturated rings. The highest BCUT2D eigenvalue weighted by molar-refractivity contribution is 5.96. The summed E-state index contributed by atoms with van der Waals surface area (Å²) in [6, 6.07) is 4.26. The number of hydrogen-bond donors (Lipinski definition) is 2. The summed E-state index contributed by atoms with van der Waals surface area (Å²) >= 11 is 0. The molecule has 0 spiro atoms. The molecule has 86 valence electrons. The van der Waals surface area contributed by atoms with Gasteiger partial charge in [0.25, 0.3) is 0 Å². The van der Waals surface area contributed by atoms with Gasteiger partial charge in [-0.3, -0.25) is 5.41 Å². The number of benzene rings is 1. The lowest BCUT2D eigenvalue weighted by Gasteiger charge is -2.08. The Hall–Kier alpha value is -1.42. The second kappa shape index (κ2) is 4.61. The zero-order valence-corrected chi connectivity index (χ0v) is 9.00. The van der Waals surface area contributed by atoms with Gasteiger partial charge in [-0.15, -0.1) is 0 Å². The molecule has 1 saturated carbocycles. The monoisotopic (exact) mass is 222 g/mol. The van der Waals surface area contributed by atoms with Crippen molar-refractivity contribution in [3.63, 3.8) is 0 Å². The van der Waals surface area contributed by atoms with E-state index in [1.807, 2.05) is 0 Å². The lowest BCUT2D eigenvalue weighted by Crippen LogP contribution is -2.15. The molecule has 4 heteroatoms. The van der Waals surface area contributed by atoms with Gasteiger partial charge in [-0.05, 0) is 36.5 Å². The molecule has 16 heavy (non-hydrogen) atoms. The van der Waals surface area contributed by atoms with Gasteiger partial charge < -0.3 is 10.5 Å². The molecule has 1 aromatic rings. The molecule has 3 nitrogen and oxygen atoms in total. The fraction of sp³-hybridized carbons (Fsp3) is 0.417. The minimum absolute atomic E-state index is 0.121. The van der Waals surface area contributed by atoms with E-state index in [2.05, 4.69) is 0 Å². The van der Waals surface area contributed by atoms with Gasteiger partial charge in [0.1, 0.15) is 11.7 Å². The fourth-order valence-corrected chi connectivity index (χ4v) is 1.55. The normalized spacial score (nSPS) is 15.1. The summed E-state index contributed by atoms with van der Waals surface area (Å²) in [5, 5.41) is 7.36. The zero-order chi connectivity index (χ0) is 11.5. The Kier molecular flexibility index (Phi) is 3.19. The molecular formula is C12H15FN2O. The average molecular weight is 222 g/mol. The minimum Gasteiger partial charge on any atom is -0.384 e. The molecule has 0 radical (unpaired) electrons. The van der Waals surface area contributed by atoms with E-state index in [0.29, 0.717) is 18.1 Å². The first kappa shape index (κ1) is 11.1. The van der Waals surface area contributed by atoms with Gasteiger partial charge in [-0.1, -0.05) is 6.07 Å². The number of nitrogen functional groups attached to an aromatic ring is 1. The van der Waals surface area contributed by atoms with E-state index in [-0.39, 0.29) is 11.7 Å². The third kappa shape index (κ3) is 2.79. The van der Waals surface area contributed by atoms with Crippen molar-refractivity contribution in [3.05, 3.63) is 35.1 Å². The largest absolute Gasteiger partial charge is 0.384 e. The maximum atomic E-state index is 13.0. The van der Waals surface area contributed by atoms with Crippen LogP contribution in [0.1, 0.15) is 24.0 Å². The zero-order valence-electron chi connectivity index (χ0n) is 9.00. The van der Waals surface area contributed by atoms with Gasteiger partial charge in [-0.2, -0.15) is 0 Å². The predicted octanol–water partition coefficient (Wildman–Crippen LogP) is 2.04. The van der Waals surface area contributed by atoms with Crippen LogP contribution in [-0.2, 0) is 11.3 Å². The Labute approximate surface area is 93.9 Å². The molecule has 1 aliphatic rings. The average Bonchev–Trinajstić information content (AvgIpc) is 3.04. The summed E-state index contributed by atoms with van der Waals surface area (Å²) in [4.78, 5) is 0. The van der Waals surface area contributed by atoms with E-state index in [9.17, 15) is 4.39 Å². The summed E-state index contributed by atoms with van der Waals surface area (Å²) < 4.78 is 18.5. The summed E-state index contributed by atoms with van der Waals surface area (Å²) in [6.45, 7) is 1.14. The van der Waals surface area contributed by atoms with Crippen LogP contribution < -0.4 is 5.73 Å². The maximum absolute atomic E-state index is 13.0. The van der Waals surface area contributed by atoms with E-state index in [1.165, 1.54) is 25.0 Å². The lowest BCUT2D eigenvalue weighted by molar-refractivity contribution is 0.111. The fourth-order valence-electron chi connectivity index (χ4n) is 1.55. The lowest BCUT2D eigenvalue weighted by atomic mass is 10.1. The number of amidine groups is 1. The van der Waals surface area contributed by atoms with Crippen molar-refractivity contribution in [1.29, 1.82) is 5.41 Å². The van der Waals surface area contributed by atoms with Crippen LogP contribution in [0.5, 0.6) is 0 Å². The Bertz CT molecular complexity index is 402. The SMILES string of the molecule is N=C(N)c1cc(F)ccc1COCC1CC1. The number of rotatable bonds is 5. The third-order valence-electron chi connectivity index (χ3n) is 2.67. The summed E-state index contributed by atoms with van der Waals surface area (Å²) in [5.41, 5.74) is 6.59. The molecule has 1 aromatic carbocycles. The number of nitrogens with two attached hydrogens (primary N) is 1. The highest BCUT2D eigenvalue weighted by Crippen LogP contribution is 2.29. The van der Waals surface area contributed by atoms with Gasteiger partial charge in [-0.25, -0.2) is 4.39 Å². The molecule has 3 N–H and O–H groups in total. The van der Waals surface area contributed by atoms with Crippen molar-refractivity contribution < 1.29 is 9.13 Å². The molecule has 0 atom stereocenters. The van der Waals surface area contributed by atoms with Crippen LogP contribution in [0.25, 0.3) is 0 Å². The van der Waals surface area contributed by atoms with Crippen molar-refractivity contribution in [2.24, 2.45) is 11.7 Å². The van der Waals surface area contributed by atoms with E-state index < -0.39 is 0 Å². The summed E-state index contributed by atoms with van der Waals surface area (Å²) in [7, 11) is 0. The van der Waals surface area contributed by atoms with E-state index in [0.717, 1.165) is 12.2 Å². The van der Waals surface area contributed by atoms with Crippen molar-refractivity contribution in [2.45, 2.75) is 19.4 Å². The van der Waals surface area contributed by atoms with Crippen LogP contribution in [0.15, 0.2) is 18.2 Å². The van der Waals surface area contributed by atoms with Crippen molar-refractivity contribution in [1.82, 2.24) is 0 Å². The summed E-state index contributed by atoms with van der Waals surface area (Å²) in [5.74, 6) is 0.196. The van der Waals surface area contributed by atoms with Crippen LogP contribution in [0.4, 0.5) is 4.39 Å². The Morgan fingerprint density at radius 2 is 2.25 bits per heavy atom. The molecule has 0 amide bonds. The van der Waals surface area contributed by atoms with Gasteiger partial charge in [0.05, 0.1) is 6.61 Å². The molecule has 1 aliphatic carbocycles. The van der Waals surface area contributed by atoms with E-state index in [1.54, 1.807) is 6.07 Å². The number of ether oxygens (including phenoxy) is 1. The van der Waals surface area contributed by atoms with Crippen LogP contribution in [0, 0.1) is 17.1 Å². The standard InChI is InChI=1S/C12H15FN2O/c13-10-4-3-9(11(5-10)12(14)15)7-16-6-8-1-2-8/h3-5,8H,1-2,6-7H2,(H3,14,15). The number of hydrogen-bond acceptors (Lipinski definition) is 2. The molecule has 0 saturated heterocycles. The van der Waals surface area contributed by atoms with Gasteiger partial charge in [0.2, 0.25) is 0 Å². The van der Waals surface area contributed by atoms with Crippen molar-refractivity contribution in [3.8, 4) is 0 Å². The first-order chi connectivity index (χ1) is 7.66. The molecule has 2 rings (SSSR count). The molecule has 0 aliphatic heterocycles. The highest BCUT2D eigenvalue weighted by Gasteiger charge is 2.21. The highest BCUT2D eigenvalue weighted by atomic mass is 19.1. The molecular weight excluding hydrogens is 207 g/mol. The molecule has 0 unspecified atom stereocenters. The van der Waals surface area contributed by atoms with Crippen LogP contribution in [0.2, 0.25) is 0 Å². The van der Waals surface area contributed by atoms with Crippen LogP contribution >= 0.6 is 0 Å². The number of nitrogens with one attached hydrogen (secondary N) is 1. The van der Waals surface area contributed by atoms with E-state index >= 15 is 0 Å². The van der Waals surface area contributed by atoms with Crippen molar-refractivity contribution in [2.75, 3.05) is 6.61 Å². The Morgan fingerprint density at radius 1 is 1.50 bits per heavy atom. The molecule has 0 bridgehead atoms. The first-order valence-electron chi connectivity index (χ1n) is 5.37. The van der Waals surface area contributed by atoms with Gasteiger partial charge >= 0.3 is 0 Å². The maximum Gasteiger partial charge on any atom is 0.123 e. The van der Waals surface area contributed by atoms with E-state index in [4.69, 9.17) is 15.9 Å². The van der Waals surface area contributed by atoms with Crippen LogP contribution in [0.3, 0.4) is 0 Å². The molecule has 0 heterocycles. The van der Waals surface area contributed by atoms with Gasteiger partial charge in [0, 0.05) is 12.2 Å². The minimum atomic E-state index is -0.379. The molecule has 0 aromatic heterocycles. The quantitative estimate of drug-likeness (QED) is 0.591.